The summed E-state index contributed by atoms with van der Waals surface area (Å²) in [7, 11) is 0. The highest BCUT2D eigenvalue weighted by Gasteiger charge is 2.08. The summed E-state index contributed by atoms with van der Waals surface area (Å²) in [5, 5.41) is 0. The zero-order chi connectivity index (χ0) is 17.2. The first-order chi connectivity index (χ1) is 12.2. The summed E-state index contributed by atoms with van der Waals surface area (Å²) in [6.07, 6.45) is 1.52. The van der Waals surface area contributed by atoms with Crippen molar-refractivity contribution in [2.45, 2.75) is 6.92 Å². The summed E-state index contributed by atoms with van der Waals surface area (Å²) in [5.74, 6) is 0.287. The van der Waals surface area contributed by atoms with Gasteiger partial charge in [0.05, 0.1) is 5.69 Å². The number of hydrogen-bond acceptors (Lipinski definition) is 3. The number of fused-ring (bicyclic) bond motifs is 1. The lowest BCUT2D eigenvalue weighted by Crippen LogP contribution is -1.86. The second kappa shape index (κ2) is 6.32. The predicted molar refractivity (Wildman–Crippen MR) is 97.8 cm³/mol. The largest absolute Gasteiger partial charge is 0.436 e. The van der Waals surface area contributed by atoms with Crippen LogP contribution in [0.4, 0.5) is 10.1 Å². The quantitative estimate of drug-likeness (QED) is 0.452. The summed E-state index contributed by atoms with van der Waals surface area (Å²) in [6, 6.07) is 20.0. The summed E-state index contributed by atoms with van der Waals surface area (Å²) in [4.78, 5) is 8.81. The van der Waals surface area contributed by atoms with Crippen LogP contribution in [0, 0.1) is 12.7 Å². The Morgan fingerprint density at radius 3 is 2.60 bits per heavy atom. The maximum absolute atomic E-state index is 13.6. The first-order valence-corrected chi connectivity index (χ1v) is 7.95. The fourth-order valence-electron chi connectivity index (χ4n) is 2.57. The molecule has 0 amide bonds. The van der Waals surface area contributed by atoms with Gasteiger partial charge < -0.3 is 4.42 Å². The minimum Gasteiger partial charge on any atom is -0.436 e. The molecule has 0 aliphatic heterocycles. The molecule has 0 atom stereocenters. The zero-order valence-corrected chi connectivity index (χ0v) is 13.6. The van der Waals surface area contributed by atoms with Gasteiger partial charge in [-0.25, -0.2) is 9.37 Å². The van der Waals surface area contributed by atoms with Crippen LogP contribution >= 0.6 is 0 Å². The van der Waals surface area contributed by atoms with Crippen LogP contribution in [0.25, 0.3) is 22.6 Å². The molecule has 0 aliphatic carbocycles. The Morgan fingerprint density at radius 2 is 1.80 bits per heavy atom. The van der Waals surface area contributed by atoms with E-state index < -0.39 is 0 Å². The van der Waals surface area contributed by atoms with Gasteiger partial charge in [-0.3, -0.25) is 4.99 Å². The zero-order valence-electron chi connectivity index (χ0n) is 13.6. The van der Waals surface area contributed by atoms with Gasteiger partial charge in [0.15, 0.2) is 5.58 Å². The summed E-state index contributed by atoms with van der Waals surface area (Å²) >= 11 is 0. The maximum atomic E-state index is 13.6. The minimum atomic E-state index is -0.287. The molecule has 1 heterocycles. The van der Waals surface area contributed by atoms with Crippen molar-refractivity contribution >= 4 is 23.0 Å². The average Bonchev–Trinajstić information content (AvgIpc) is 3.04. The molecule has 0 saturated heterocycles. The maximum Gasteiger partial charge on any atom is 0.227 e. The normalized spacial score (nSPS) is 11.4. The third-order valence-corrected chi connectivity index (χ3v) is 3.92. The lowest BCUT2D eigenvalue weighted by atomic mass is 10.2. The molecule has 3 aromatic carbocycles. The highest BCUT2D eigenvalue weighted by Crippen LogP contribution is 2.26. The molecule has 0 bridgehead atoms. The van der Waals surface area contributed by atoms with E-state index in [0.717, 1.165) is 27.9 Å². The lowest BCUT2D eigenvalue weighted by molar-refractivity contribution is 0.619. The Balaban J connectivity index is 1.60. The number of aromatic nitrogens is 1. The number of oxazole rings is 1. The number of hydrogen-bond donors (Lipinski definition) is 0. The summed E-state index contributed by atoms with van der Waals surface area (Å²) in [5.41, 5.74) is 4.81. The van der Waals surface area contributed by atoms with Crippen molar-refractivity contribution in [3.8, 4) is 11.5 Å². The van der Waals surface area contributed by atoms with Crippen LogP contribution in [0.1, 0.15) is 11.1 Å². The fraction of sp³-hybridized carbons (Fsp3) is 0.0476. The lowest BCUT2D eigenvalue weighted by Gasteiger charge is -1.98. The average molecular weight is 330 g/mol. The van der Waals surface area contributed by atoms with Crippen LogP contribution in [0.15, 0.2) is 76.1 Å². The second-order valence-corrected chi connectivity index (χ2v) is 5.82. The molecular weight excluding hydrogens is 315 g/mol. The smallest absolute Gasteiger partial charge is 0.227 e. The topological polar surface area (TPSA) is 38.4 Å². The van der Waals surface area contributed by atoms with Gasteiger partial charge in [-0.1, -0.05) is 24.3 Å². The highest BCUT2D eigenvalue weighted by atomic mass is 19.1. The first kappa shape index (κ1) is 15.3. The van der Waals surface area contributed by atoms with Gasteiger partial charge in [0.1, 0.15) is 11.3 Å². The van der Waals surface area contributed by atoms with Crippen molar-refractivity contribution in [3.63, 3.8) is 0 Å². The Hall–Kier alpha value is -3.27. The molecule has 0 spiro atoms. The Kier molecular flexibility index (Phi) is 3.86. The molecule has 4 aromatic rings. The van der Waals surface area contributed by atoms with E-state index in [1.807, 2.05) is 49.4 Å². The molecule has 0 radical (unpaired) electrons. The van der Waals surface area contributed by atoms with Crippen molar-refractivity contribution < 1.29 is 8.81 Å². The number of halogens is 1. The third kappa shape index (κ3) is 3.19. The Morgan fingerprint density at radius 1 is 1.00 bits per heavy atom. The van der Waals surface area contributed by atoms with Crippen molar-refractivity contribution in [2.75, 3.05) is 0 Å². The van der Waals surface area contributed by atoms with Crippen LogP contribution in [0.5, 0.6) is 0 Å². The standard InChI is InChI=1S/C21H15FN2O/c1-14-6-11-19-20(12-14)25-21(24-19)15-7-9-17(10-8-15)23-13-16-4-2-3-5-18(16)22/h2-13H,1H3. The van der Waals surface area contributed by atoms with Gasteiger partial charge in [0.2, 0.25) is 5.89 Å². The molecule has 1 aromatic heterocycles. The van der Waals surface area contributed by atoms with Crippen LogP contribution in [0.2, 0.25) is 0 Å². The molecule has 122 valence electrons. The van der Waals surface area contributed by atoms with Crippen molar-refractivity contribution in [1.29, 1.82) is 0 Å². The number of aliphatic imine (C=N–C) groups is 1. The molecular formula is C21H15FN2O. The Labute approximate surface area is 144 Å². The van der Waals surface area contributed by atoms with E-state index in [1.165, 1.54) is 12.3 Å². The number of nitrogens with zero attached hydrogens (tertiary/aromatic N) is 2. The number of rotatable bonds is 3. The minimum absolute atomic E-state index is 0.287. The monoisotopic (exact) mass is 330 g/mol. The van der Waals surface area contributed by atoms with E-state index >= 15 is 0 Å². The van der Waals surface area contributed by atoms with Crippen molar-refractivity contribution in [3.05, 3.63) is 83.7 Å². The Bertz CT molecular complexity index is 1060. The molecule has 0 N–H and O–H groups in total. The number of aryl methyl sites for hydroxylation is 1. The molecule has 25 heavy (non-hydrogen) atoms. The van der Waals surface area contributed by atoms with E-state index in [1.54, 1.807) is 18.2 Å². The molecule has 4 heteroatoms. The van der Waals surface area contributed by atoms with E-state index in [2.05, 4.69) is 9.98 Å². The summed E-state index contributed by atoms with van der Waals surface area (Å²) < 4.78 is 19.4. The van der Waals surface area contributed by atoms with Crippen molar-refractivity contribution in [2.24, 2.45) is 4.99 Å². The first-order valence-electron chi connectivity index (χ1n) is 7.95. The van der Waals surface area contributed by atoms with E-state index in [-0.39, 0.29) is 5.82 Å². The van der Waals surface area contributed by atoms with Crippen LogP contribution in [-0.2, 0) is 0 Å². The summed E-state index contributed by atoms with van der Waals surface area (Å²) in [6.45, 7) is 2.02. The van der Waals surface area contributed by atoms with Crippen LogP contribution in [0.3, 0.4) is 0 Å². The van der Waals surface area contributed by atoms with Gasteiger partial charge in [-0.15, -0.1) is 0 Å². The third-order valence-electron chi connectivity index (χ3n) is 3.92. The second-order valence-electron chi connectivity index (χ2n) is 5.82. The molecule has 4 rings (SSSR count). The van der Waals surface area contributed by atoms with Crippen molar-refractivity contribution in [1.82, 2.24) is 4.98 Å². The van der Waals surface area contributed by atoms with E-state index in [4.69, 9.17) is 4.42 Å². The molecule has 0 fully saturated rings. The van der Waals surface area contributed by atoms with E-state index in [0.29, 0.717) is 11.5 Å². The van der Waals surface area contributed by atoms with Crippen LogP contribution < -0.4 is 0 Å². The number of benzene rings is 3. The SMILES string of the molecule is Cc1ccc2nc(-c3ccc(N=Cc4ccccc4F)cc3)oc2c1. The van der Waals surface area contributed by atoms with Crippen LogP contribution in [-0.4, -0.2) is 11.2 Å². The predicted octanol–water partition coefficient (Wildman–Crippen LogP) is 5.69. The van der Waals surface area contributed by atoms with Gasteiger partial charge in [0, 0.05) is 17.3 Å². The van der Waals surface area contributed by atoms with Gasteiger partial charge in [-0.2, -0.15) is 0 Å². The molecule has 0 aliphatic rings. The molecule has 3 nitrogen and oxygen atoms in total. The molecule has 0 saturated carbocycles. The highest BCUT2D eigenvalue weighted by molar-refractivity contribution is 5.82. The van der Waals surface area contributed by atoms with Gasteiger partial charge in [0.25, 0.3) is 0 Å². The fourth-order valence-corrected chi connectivity index (χ4v) is 2.57. The van der Waals surface area contributed by atoms with Gasteiger partial charge >= 0.3 is 0 Å². The van der Waals surface area contributed by atoms with Gasteiger partial charge in [-0.05, 0) is 55.0 Å². The van der Waals surface area contributed by atoms with E-state index in [9.17, 15) is 4.39 Å². The molecule has 0 unspecified atom stereocenters.